The van der Waals surface area contributed by atoms with Crippen LogP contribution in [0.2, 0.25) is 0 Å². The van der Waals surface area contributed by atoms with Crippen LogP contribution in [0.4, 0.5) is 4.79 Å². The van der Waals surface area contributed by atoms with Crippen molar-refractivity contribution >= 4 is 102 Å². The van der Waals surface area contributed by atoms with E-state index in [1.165, 1.54) is 0 Å². The third-order valence-electron chi connectivity index (χ3n) is 13.7. The Morgan fingerprint density at radius 2 is 1.00 bits per heavy atom. The molecule has 0 aliphatic carbocycles. The molecule has 0 aliphatic rings. The Balaban J connectivity index is 1.69. The number of carboxylic acids is 5. The topological polar surface area (TPSA) is 465 Å². The normalized spacial score (nSPS) is 13.9. The zero-order chi connectivity index (χ0) is 65.3. The molecule has 0 aliphatic heterocycles. The maximum atomic E-state index is 14.2. The van der Waals surface area contributed by atoms with E-state index >= 15 is 0 Å². The van der Waals surface area contributed by atoms with Gasteiger partial charge in [-0.05, 0) is 55.2 Å². The van der Waals surface area contributed by atoms with Crippen LogP contribution >= 0.6 is 12.6 Å². The van der Waals surface area contributed by atoms with Crippen molar-refractivity contribution in [3.63, 3.8) is 0 Å². The van der Waals surface area contributed by atoms with Gasteiger partial charge in [0.25, 0.3) is 6.47 Å². The number of hydrogen-bond acceptors (Lipinski definition) is 18. The second kappa shape index (κ2) is 38.6. The minimum absolute atomic E-state index is 0.0144. The fraction of sp³-hybridized carbons (Fsp3) is 0.441. The Morgan fingerprint density at radius 3 is 1.52 bits per heavy atom. The Bertz CT molecular complexity index is 2920. The zero-order valence-corrected chi connectivity index (χ0v) is 48.6. The van der Waals surface area contributed by atoms with E-state index in [1.807, 2.05) is 0 Å². The molecule has 0 saturated carbocycles. The van der Waals surface area contributed by atoms with Crippen molar-refractivity contribution in [3.8, 4) is 0 Å². The maximum Gasteiger partial charge on any atom is 0.327 e. The van der Waals surface area contributed by atoms with Gasteiger partial charge in [-0.2, -0.15) is 12.6 Å². The van der Waals surface area contributed by atoms with E-state index in [1.54, 1.807) is 91.0 Å². The highest BCUT2D eigenvalue weighted by atomic mass is 32.1. The molecule has 0 spiro atoms. The number of ether oxygens (including phenoxy) is 1. The summed E-state index contributed by atoms with van der Waals surface area (Å²) in [6, 6.07) is 16.6. The number of carbonyl (C=O) groups excluding carboxylic acids is 10. The summed E-state index contributed by atoms with van der Waals surface area (Å²) in [6.45, 7) is -0.658. The lowest BCUT2D eigenvalue weighted by Gasteiger charge is -2.23. The molecule has 0 unspecified atom stereocenters. The van der Waals surface area contributed by atoms with Crippen molar-refractivity contribution < 1.29 is 102 Å². The maximum absolute atomic E-state index is 14.2. The van der Waals surface area contributed by atoms with Crippen molar-refractivity contribution in [2.75, 3.05) is 12.3 Å². The van der Waals surface area contributed by atoms with Gasteiger partial charge < -0.3 is 67.9 Å². The number of ketones is 4. The van der Waals surface area contributed by atoms with E-state index in [4.69, 9.17) is 10.8 Å². The van der Waals surface area contributed by atoms with Crippen molar-refractivity contribution in [1.29, 1.82) is 0 Å². The van der Waals surface area contributed by atoms with E-state index in [0.717, 1.165) is 0 Å². The second-order valence-electron chi connectivity index (χ2n) is 20.6. The lowest BCUT2D eigenvalue weighted by molar-refractivity contribution is -0.145. The van der Waals surface area contributed by atoms with Crippen molar-refractivity contribution in [1.82, 2.24) is 31.9 Å². The summed E-state index contributed by atoms with van der Waals surface area (Å²) in [5.74, 6) is -17.5. The van der Waals surface area contributed by atoms with Gasteiger partial charge in [0.05, 0.1) is 37.4 Å². The summed E-state index contributed by atoms with van der Waals surface area (Å²) in [4.78, 5) is 190. The van der Waals surface area contributed by atoms with Crippen molar-refractivity contribution in [3.05, 3.63) is 108 Å². The van der Waals surface area contributed by atoms with Crippen LogP contribution in [0, 0.1) is 17.8 Å². The number of nitrogens with one attached hydrogen (secondary N) is 6. The van der Waals surface area contributed by atoms with Gasteiger partial charge in [0, 0.05) is 62.5 Å². The third kappa shape index (κ3) is 28.2. The number of amides is 6. The lowest BCUT2D eigenvalue weighted by atomic mass is 9.84. The summed E-state index contributed by atoms with van der Waals surface area (Å²) >= 11 is 3.86. The molecule has 88 heavy (non-hydrogen) atoms. The van der Waals surface area contributed by atoms with Crippen LogP contribution in [0.15, 0.2) is 91.0 Å². The van der Waals surface area contributed by atoms with Gasteiger partial charge in [0.1, 0.15) is 29.7 Å². The van der Waals surface area contributed by atoms with Crippen LogP contribution < -0.4 is 37.6 Å². The molecule has 28 nitrogen and oxygen atoms in total. The molecule has 29 heteroatoms. The van der Waals surface area contributed by atoms with Crippen molar-refractivity contribution in [2.45, 2.75) is 133 Å². The molecule has 3 aromatic carbocycles. The molecule has 0 saturated heterocycles. The zero-order valence-electron chi connectivity index (χ0n) is 47.7. The Morgan fingerprint density at radius 1 is 0.466 bits per heavy atom. The number of nitrogens with two attached hydrogens (primary N) is 1. The minimum atomic E-state index is -1.75. The van der Waals surface area contributed by atoms with Crippen LogP contribution in [0.3, 0.4) is 0 Å². The van der Waals surface area contributed by atoms with Gasteiger partial charge >= 0.3 is 35.9 Å². The molecule has 3 aromatic rings. The number of carboxylic acid groups (broad SMARTS) is 5. The first-order valence-corrected chi connectivity index (χ1v) is 28.4. The summed E-state index contributed by atoms with van der Waals surface area (Å²) in [5, 5.41) is 61.2. The lowest BCUT2D eigenvalue weighted by Crippen LogP contribution is -2.55. The third-order valence-corrected chi connectivity index (χ3v) is 14.1. The number of rotatable bonds is 44. The molecule has 6 amide bonds. The number of urea groups is 1. The summed E-state index contributed by atoms with van der Waals surface area (Å²) < 4.78 is 4.63. The Hall–Kier alpha value is -9.38. The van der Waals surface area contributed by atoms with Gasteiger partial charge in [-0.15, -0.1) is 0 Å². The molecule has 476 valence electrons. The van der Waals surface area contributed by atoms with E-state index < -0.39 is 208 Å². The van der Waals surface area contributed by atoms with E-state index in [-0.39, 0.29) is 44.3 Å². The van der Waals surface area contributed by atoms with Crippen LogP contribution in [-0.4, -0.2) is 163 Å². The standard InChI is InChI=1S/C59H73N7O21S/c60-42(54(78)63-45(30-52(75)76)55(79)64-46(32-88)58(84)85)18-20-47(70)44(26-36-14-8-3-9-15-36)62-53(77)39(25-35-12-6-2-7-13-35)28-41(69)31-61-49(72)21-16-37(56(80)81)29-48(71)38(24-34-10-4-1-5-11-34)27-40(68)17-19-43(57(82)83)65-59(86)66-50(87-33-67)22-23-51(73)74/h1-15,33,37-39,42-46,50,88H,16-32,60H2,(H,61,72)(H,62,77)(H,63,78)(H,64,79)(H,73,74)(H,75,76)(H,80,81)(H,82,83)(H,84,85)(H2,65,66,86)/t37-,38+,39+,42-,43-,44-,45-,46-,50+/m0/s1. The number of carbonyl (C=O) groups is 15. The van der Waals surface area contributed by atoms with E-state index in [2.05, 4.69) is 49.3 Å². The molecule has 0 fully saturated rings. The number of hydrogen-bond donors (Lipinski definition) is 13. The van der Waals surface area contributed by atoms with Gasteiger partial charge in [0.2, 0.25) is 23.6 Å². The Labute approximate surface area is 510 Å². The summed E-state index contributed by atoms with van der Waals surface area (Å²) in [5.41, 5.74) is 7.93. The predicted octanol–water partition coefficient (Wildman–Crippen LogP) is 0.938. The molecule has 9 atom stereocenters. The SMILES string of the molecule is N[C@@H](CCC(=O)[C@H](Cc1ccccc1)NC(=O)[C@@H](CC(=O)CNC(=O)CC[C@@H](CC(=O)[C@@H](CC(=O)CC[C@H](NC(=O)N[C@@H](CCC(=O)O)OC=O)C(=O)O)Cc1ccccc1)C(=O)O)Cc1ccccc1)C(=O)N[C@@H](CC(=O)O)C(=O)N[C@@H](CS)C(=O)O. The first-order chi connectivity index (χ1) is 41.8. The monoisotopic (exact) mass is 1250 g/mol. The van der Waals surface area contributed by atoms with Gasteiger partial charge in [-0.1, -0.05) is 91.0 Å². The highest BCUT2D eigenvalue weighted by molar-refractivity contribution is 7.80. The van der Waals surface area contributed by atoms with Gasteiger partial charge in [-0.25, -0.2) is 14.4 Å². The highest BCUT2D eigenvalue weighted by Gasteiger charge is 2.34. The van der Waals surface area contributed by atoms with Crippen LogP contribution in [0.1, 0.15) is 93.7 Å². The minimum Gasteiger partial charge on any atom is -0.481 e. The van der Waals surface area contributed by atoms with Gasteiger partial charge in [-0.3, -0.25) is 57.5 Å². The molecular formula is C59H73N7O21S. The molecule has 13 N–H and O–H groups in total. The fourth-order valence-electron chi connectivity index (χ4n) is 8.90. The molecule has 3 rings (SSSR count). The van der Waals surface area contributed by atoms with E-state index in [0.29, 0.717) is 16.7 Å². The predicted molar refractivity (Wildman–Crippen MR) is 312 cm³/mol. The summed E-state index contributed by atoms with van der Waals surface area (Å²) in [6.07, 6.45) is -7.47. The number of benzene rings is 3. The highest BCUT2D eigenvalue weighted by Crippen LogP contribution is 2.23. The van der Waals surface area contributed by atoms with Crippen molar-refractivity contribution in [2.24, 2.45) is 23.5 Å². The Kier molecular flexibility index (Phi) is 32.0. The molecular weight excluding hydrogens is 1170 g/mol. The molecule has 0 aromatic heterocycles. The molecule has 0 bridgehead atoms. The number of aliphatic carboxylic acids is 5. The smallest absolute Gasteiger partial charge is 0.327 e. The molecule has 0 radical (unpaired) electrons. The number of Topliss-reactive ketones (excluding diaryl/α,β-unsaturated/α-hetero) is 4. The first kappa shape index (κ1) is 72.9. The summed E-state index contributed by atoms with van der Waals surface area (Å²) in [7, 11) is 0. The average Bonchev–Trinajstić information content (AvgIpc) is 3.57. The van der Waals surface area contributed by atoms with Crippen LogP contribution in [0.25, 0.3) is 0 Å². The van der Waals surface area contributed by atoms with E-state index in [9.17, 15) is 92.3 Å². The number of thiol groups is 1. The molecule has 0 heterocycles. The second-order valence-corrected chi connectivity index (χ2v) is 20.9. The quantitative estimate of drug-likeness (QED) is 0.0213. The fourth-order valence-corrected chi connectivity index (χ4v) is 9.15. The average molecular weight is 1250 g/mol. The van der Waals surface area contributed by atoms with Crippen LogP contribution in [-0.2, 0) is 91.1 Å². The largest absolute Gasteiger partial charge is 0.481 e. The first-order valence-electron chi connectivity index (χ1n) is 27.8. The van der Waals surface area contributed by atoms with Crippen LogP contribution in [0.5, 0.6) is 0 Å². The van der Waals surface area contributed by atoms with Gasteiger partial charge in [0.15, 0.2) is 17.8 Å².